The Morgan fingerprint density at radius 2 is 1.62 bits per heavy atom. The fourth-order valence-electron chi connectivity index (χ4n) is 2.09. The lowest BCUT2D eigenvalue weighted by Gasteiger charge is -2.28. The van der Waals surface area contributed by atoms with E-state index in [4.69, 9.17) is 9.84 Å². The van der Waals surface area contributed by atoms with Crippen molar-refractivity contribution >= 4 is 11.9 Å². The maximum atomic E-state index is 11.9. The number of carbonyl (C=O) groups excluding carboxylic acids is 1. The second-order valence-electron chi connectivity index (χ2n) is 6.70. The van der Waals surface area contributed by atoms with Crippen molar-refractivity contribution in [1.82, 2.24) is 0 Å². The number of carboxylic acid groups (broad SMARTS) is 1. The van der Waals surface area contributed by atoms with Gasteiger partial charge in [-0.15, -0.1) is 0 Å². The quantitative estimate of drug-likeness (QED) is 0.337. The van der Waals surface area contributed by atoms with Gasteiger partial charge in [0.2, 0.25) is 0 Å². The second kappa shape index (κ2) is 12.5. The van der Waals surface area contributed by atoms with Crippen LogP contribution in [0.1, 0.15) is 39.0 Å². The van der Waals surface area contributed by atoms with Crippen molar-refractivity contribution in [2.45, 2.75) is 45.1 Å². The summed E-state index contributed by atoms with van der Waals surface area (Å²) in [7, 11) is 5.82. The predicted octanol–water partition coefficient (Wildman–Crippen LogP) is 3.33. The zero-order chi connectivity index (χ0) is 18.4. The van der Waals surface area contributed by atoms with E-state index < -0.39 is 12.1 Å². The van der Waals surface area contributed by atoms with E-state index in [1.807, 2.05) is 46.3 Å². The number of nitrogens with zero attached hydrogens (tertiary/aromatic N) is 1. The fraction of sp³-hybridized carbons (Fsp3) is 0.579. The molecule has 0 radical (unpaired) electrons. The van der Waals surface area contributed by atoms with Crippen molar-refractivity contribution < 1.29 is 23.9 Å². The number of hydrogen-bond donors (Lipinski definition) is 1. The molecule has 0 aliphatic carbocycles. The van der Waals surface area contributed by atoms with Crippen LogP contribution in [0.2, 0.25) is 0 Å². The zero-order valence-electron chi connectivity index (χ0n) is 15.4. The molecule has 0 aliphatic heterocycles. The summed E-state index contributed by atoms with van der Waals surface area (Å²) in [6.07, 6.45) is 14.2. The fourth-order valence-corrected chi connectivity index (χ4v) is 2.09. The number of likely N-dealkylation sites (N-methyl/N-ethyl adjacent to an activating group) is 1. The van der Waals surface area contributed by atoms with Gasteiger partial charge in [0.05, 0.1) is 27.6 Å². The maximum Gasteiger partial charge on any atom is 0.307 e. The van der Waals surface area contributed by atoms with Gasteiger partial charge in [-0.2, -0.15) is 0 Å². The van der Waals surface area contributed by atoms with Crippen LogP contribution >= 0.6 is 0 Å². The first kappa shape index (κ1) is 22.1. The van der Waals surface area contributed by atoms with Crippen molar-refractivity contribution in [3.8, 4) is 0 Å². The van der Waals surface area contributed by atoms with E-state index in [9.17, 15) is 9.59 Å². The van der Waals surface area contributed by atoms with E-state index in [1.165, 1.54) is 0 Å². The lowest BCUT2D eigenvalue weighted by molar-refractivity contribution is -0.873. The predicted molar refractivity (Wildman–Crippen MR) is 96.6 cm³/mol. The number of esters is 1. The van der Waals surface area contributed by atoms with Crippen molar-refractivity contribution in [3.63, 3.8) is 0 Å². The third kappa shape index (κ3) is 15.0. The van der Waals surface area contributed by atoms with Crippen molar-refractivity contribution in [2.24, 2.45) is 0 Å². The normalized spacial score (nSPS) is 13.8. The summed E-state index contributed by atoms with van der Waals surface area (Å²) in [4.78, 5) is 22.7. The van der Waals surface area contributed by atoms with E-state index in [-0.39, 0.29) is 18.8 Å². The Hall–Kier alpha value is -1.88. The van der Waals surface area contributed by atoms with Crippen LogP contribution in [0, 0.1) is 0 Å². The Kier molecular flexibility index (Phi) is 11.5. The van der Waals surface area contributed by atoms with Gasteiger partial charge in [0.1, 0.15) is 6.54 Å². The van der Waals surface area contributed by atoms with Crippen LogP contribution in [0.25, 0.3) is 0 Å². The molecule has 0 aliphatic rings. The summed E-state index contributed by atoms with van der Waals surface area (Å²) < 4.78 is 5.86. The van der Waals surface area contributed by atoms with Gasteiger partial charge in [-0.3, -0.25) is 9.59 Å². The molecule has 136 valence electrons. The number of rotatable bonds is 12. The van der Waals surface area contributed by atoms with Gasteiger partial charge >= 0.3 is 11.9 Å². The molecule has 24 heavy (non-hydrogen) atoms. The maximum absolute atomic E-state index is 11.9. The van der Waals surface area contributed by atoms with Crippen molar-refractivity contribution in [3.05, 3.63) is 36.5 Å². The molecule has 0 spiro atoms. The molecule has 0 saturated carbocycles. The highest BCUT2D eigenvalue weighted by Crippen LogP contribution is 2.07. The summed E-state index contributed by atoms with van der Waals surface area (Å²) in [5, 5.41) is 8.92. The minimum absolute atomic E-state index is 0.159. The van der Waals surface area contributed by atoms with Crippen molar-refractivity contribution in [2.75, 3.05) is 27.7 Å². The molecule has 0 heterocycles. The number of carboxylic acids is 1. The van der Waals surface area contributed by atoms with Crippen LogP contribution in [0.4, 0.5) is 0 Å². The molecule has 0 bridgehead atoms. The summed E-state index contributed by atoms with van der Waals surface area (Å²) in [5.74, 6) is -1.30. The van der Waals surface area contributed by atoms with Gasteiger partial charge in [0.25, 0.3) is 0 Å². The number of hydrogen-bond acceptors (Lipinski definition) is 3. The number of aliphatic carboxylic acids is 1. The smallest absolute Gasteiger partial charge is 0.307 e. The number of carbonyl (C=O) groups is 2. The lowest BCUT2D eigenvalue weighted by atomic mass is 10.2. The van der Waals surface area contributed by atoms with Crippen LogP contribution in [-0.2, 0) is 14.3 Å². The van der Waals surface area contributed by atoms with Gasteiger partial charge in [-0.25, -0.2) is 0 Å². The molecule has 0 amide bonds. The summed E-state index contributed by atoms with van der Waals surface area (Å²) in [6, 6.07) is 0. The molecule has 5 nitrogen and oxygen atoms in total. The van der Waals surface area contributed by atoms with E-state index in [0.717, 1.165) is 12.8 Å². The molecule has 0 aromatic carbocycles. The van der Waals surface area contributed by atoms with Crippen molar-refractivity contribution in [1.29, 1.82) is 0 Å². The molecule has 1 atom stereocenters. The molecular weight excluding hydrogens is 306 g/mol. The molecule has 0 rings (SSSR count). The molecular formula is C19H32NO4+. The summed E-state index contributed by atoms with van der Waals surface area (Å²) in [6.45, 7) is 2.47. The van der Waals surface area contributed by atoms with Gasteiger partial charge in [-0.1, -0.05) is 36.5 Å². The SMILES string of the molecule is C/C=C/C/C=C/C/C=C/CCC(=O)OC(CC(=O)O)C[N+](C)(C)C. The van der Waals surface area contributed by atoms with E-state index in [2.05, 4.69) is 18.2 Å². The average Bonchev–Trinajstić information content (AvgIpc) is 2.42. The van der Waals surface area contributed by atoms with Gasteiger partial charge in [0.15, 0.2) is 6.10 Å². The third-order valence-electron chi connectivity index (χ3n) is 3.08. The highest BCUT2D eigenvalue weighted by Gasteiger charge is 2.24. The van der Waals surface area contributed by atoms with E-state index in [1.54, 1.807) is 0 Å². The highest BCUT2D eigenvalue weighted by atomic mass is 16.5. The van der Waals surface area contributed by atoms with Crippen LogP contribution in [0.5, 0.6) is 0 Å². The Balaban J connectivity index is 4.11. The molecule has 0 fully saturated rings. The van der Waals surface area contributed by atoms with Crippen LogP contribution < -0.4 is 0 Å². The first-order valence-electron chi connectivity index (χ1n) is 8.37. The largest absolute Gasteiger partial charge is 0.481 e. The molecule has 0 saturated heterocycles. The topological polar surface area (TPSA) is 63.6 Å². The third-order valence-corrected chi connectivity index (χ3v) is 3.08. The van der Waals surface area contributed by atoms with Gasteiger partial charge in [0, 0.05) is 6.42 Å². The Bertz CT molecular complexity index is 458. The number of quaternary nitrogens is 1. The Labute approximate surface area is 145 Å². The van der Waals surface area contributed by atoms with Crippen LogP contribution in [0.3, 0.4) is 0 Å². The van der Waals surface area contributed by atoms with Gasteiger partial charge < -0.3 is 14.3 Å². The molecule has 1 unspecified atom stereocenters. The molecule has 5 heteroatoms. The Morgan fingerprint density at radius 3 is 2.17 bits per heavy atom. The number of allylic oxidation sites excluding steroid dienone is 6. The minimum Gasteiger partial charge on any atom is -0.481 e. The van der Waals surface area contributed by atoms with Gasteiger partial charge in [-0.05, 0) is 26.2 Å². The standard InChI is InChI=1S/C19H31NO4/c1-5-6-7-8-9-10-11-12-13-14-19(23)24-17(15-18(21)22)16-20(2,3)4/h5-6,8-9,11-12,17H,7,10,13-16H2,1-4H3/p+1/b6-5+,9-8+,12-11+. The van der Waals surface area contributed by atoms with Crippen LogP contribution in [0.15, 0.2) is 36.5 Å². The molecule has 1 N–H and O–H groups in total. The van der Waals surface area contributed by atoms with Crippen LogP contribution in [-0.4, -0.2) is 55.3 Å². The minimum atomic E-state index is -0.953. The lowest BCUT2D eigenvalue weighted by Crippen LogP contribution is -2.43. The highest BCUT2D eigenvalue weighted by molar-refractivity contribution is 5.71. The summed E-state index contributed by atoms with van der Waals surface area (Å²) >= 11 is 0. The monoisotopic (exact) mass is 338 g/mol. The Morgan fingerprint density at radius 1 is 1.04 bits per heavy atom. The first-order chi connectivity index (χ1) is 11.2. The zero-order valence-corrected chi connectivity index (χ0v) is 15.4. The van der Waals surface area contributed by atoms with E-state index >= 15 is 0 Å². The summed E-state index contributed by atoms with van der Waals surface area (Å²) in [5.41, 5.74) is 0. The van der Waals surface area contributed by atoms with E-state index in [0.29, 0.717) is 17.4 Å². The number of ether oxygens (including phenoxy) is 1. The average molecular weight is 338 g/mol. The molecule has 0 aromatic rings. The molecule has 0 aromatic heterocycles. The second-order valence-corrected chi connectivity index (χ2v) is 6.70. The first-order valence-corrected chi connectivity index (χ1v) is 8.37.